The monoisotopic (exact) mass is 334 g/mol. The first-order valence-corrected chi connectivity index (χ1v) is 7.63. The number of likely N-dealkylation sites (N-methyl/N-ethyl adjacent to an activating group) is 1. The van der Waals surface area contributed by atoms with Crippen LogP contribution in [-0.2, 0) is 6.42 Å². The summed E-state index contributed by atoms with van der Waals surface area (Å²) >= 11 is 0. The molecule has 0 saturated carbocycles. The number of rotatable bonds is 6. The van der Waals surface area contributed by atoms with Gasteiger partial charge in [-0.1, -0.05) is 13.0 Å². The SMILES string of the molecule is CCc1ncncc1C(=O)NC[C@H](c1c(F)cccc1F)N(C)C. The number of nitrogens with zero attached hydrogens (tertiary/aromatic N) is 3. The lowest BCUT2D eigenvalue weighted by atomic mass is 10.0. The van der Waals surface area contributed by atoms with E-state index >= 15 is 0 Å². The Hall–Kier alpha value is -2.41. The number of carbonyl (C=O) groups is 1. The molecular formula is C17H20F2N4O. The van der Waals surface area contributed by atoms with E-state index in [1.54, 1.807) is 19.0 Å². The zero-order valence-electron chi connectivity index (χ0n) is 13.9. The van der Waals surface area contributed by atoms with Crippen molar-refractivity contribution >= 4 is 5.91 Å². The third kappa shape index (κ3) is 3.91. The summed E-state index contributed by atoms with van der Waals surface area (Å²) in [5.74, 6) is -1.64. The van der Waals surface area contributed by atoms with Crippen LogP contribution in [0.1, 0.15) is 34.6 Å². The third-order valence-corrected chi connectivity index (χ3v) is 3.79. The van der Waals surface area contributed by atoms with Crippen LogP contribution in [0.25, 0.3) is 0 Å². The standard InChI is InChI=1S/C17H20F2N4O/c1-4-14-11(8-20-10-22-14)17(24)21-9-15(23(2)3)16-12(18)6-5-7-13(16)19/h5-8,10,15H,4,9H2,1-3H3,(H,21,24)/t15-/m1/s1. The van der Waals surface area contributed by atoms with Crippen molar-refractivity contribution < 1.29 is 13.6 Å². The van der Waals surface area contributed by atoms with Crippen LogP contribution < -0.4 is 5.32 Å². The largest absolute Gasteiger partial charge is 0.350 e. The van der Waals surface area contributed by atoms with Crippen LogP contribution >= 0.6 is 0 Å². The van der Waals surface area contributed by atoms with Gasteiger partial charge >= 0.3 is 0 Å². The lowest BCUT2D eigenvalue weighted by Crippen LogP contribution is -2.36. The van der Waals surface area contributed by atoms with Gasteiger partial charge in [0, 0.05) is 18.3 Å². The van der Waals surface area contributed by atoms with Gasteiger partial charge in [0.2, 0.25) is 0 Å². The lowest BCUT2D eigenvalue weighted by molar-refractivity contribution is 0.0939. The van der Waals surface area contributed by atoms with Gasteiger partial charge < -0.3 is 10.2 Å². The van der Waals surface area contributed by atoms with Crippen molar-refractivity contribution in [1.29, 1.82) is 0 Å². The molecule has 1 N–H and O–H groups in total. The second kappa shape index (κ2) is 7.92. The van der Waals surface area contributed by atoms with Gasteiger partial charge in [0.05, 0.1) is 17.3 Å². The quantitative estimate of drug-likeness (QED) is 0.881. The summed E-state index contributed by atoms with van der Waals surface area (Å²) in [5, 5.41) is 2.71. The van der Waals surface area contributed by atoms with E-state index in [1.165, 1.54) is 30.7 Å². The Kier molecular flexibility index (Phi) is 5.92. The fourth-order valence-electron chi connectivity index (χ4n) is 2.48. The number of hydrogen-bond donors (Lipinski definition) is 1. The first-order valence-electron chi connectivity index (χ1n) is 7.63. The van der Waals surface area contributed by atoms with E-state index in [-0.39, 0.29) is 18.0 Å². The molecule has 1 amide bonds. The maximum Gasteiger partial charge on any atom is 0.254 e. The zero-order chi connectivity index (χ0) is 17.7. The Morgan fingerprint density at radius 1 is 1.29 bits per heavy atom. The molecule has 0 aliphatic heterocycles. The van der Waals surface area contributed by atoms with Gasteiger partial charge in [-0.2, -0.15) is 0 Å². The van der Waals surface area contributed by atoms with E-state index < -0.39 is 17.7 Å². The minimum atomic E-state index is -0.639. The summed E-state index contributed by atoms with van der Waals surface area (Å²) in [6, 6.07) is 3.09. The second-order valence-corrected chi connectivity index (χ2v) is 5.56. The minimum absolute atomic E-state index is 0.0573. The molecule has 0 unspecified atom stereocenters. The first kappa shape index (κ1) is 17.9. The number of benzene rings is 1. The lowest BCUT2D eigenvalue weighted by Gasteiger charge is -2.26. The molecule has 0 fully saturated rings. The van der Waals surface area contributed by atoms with Crippen LogP contribution in [0.15, 0.2) is 30.7 Å². The van der Waals surface area contributed by atoms with Gasteiger partial charge in [-0.05, 0) is 32.6 Å². The van der Waals surface area contributed by atoms with Crippen molar-refractivity contribution in [2.24, 2.45) is 0 Å². The molecule has 0 aliphatic carbocycles. The van der Waals surface area contributed by atoms with Gasteiger partial charge in [-0.15, -0.1) is 0 Å². The van der Waals surface area contributed by atoms with Gasteiger partial charge in [0.15, 0.2) is 0 Å². The van der Waals surface area contributed by atoms with Crippen LogP contribution in [0.3, 0.4) is 0 Å². The molecular weight excluding hydrogens is 314 g/mol. The molecule has 2 rings (SSSR count). The highest BCUT2D eigenvalue weighted by atomic mass is 19.1. The van der Waals surface area contributed by atoms with Gasteiger partial charge in [0.1, 0.15) is 18.0 Å². The van der Waals surface area contributed by atoms with E-state index in [0.29, 0.717) is 17.7 Å². The van der Waals surface area contributed by atoms with E-state index in [1.807, 2.05) is 6.92 Å². The molecule has 0 spiro atoms. The Balaban J connectivity index is 2.19. The summed E-state index contributed by atoms with van der Waals surface area (Å²) < 4.78 is 28.1. The van der Waals surface area contributed by atoms with Crippen LogP contribution in [0.5, 0.6) is 0 Å². The van der Waals surface area contributed by atoms with Gasteiger partial charge in [0.25, 0.3) is 5.91 Å². The van der Waals surface area contributed by atoms with E-state index in [9.17, 15) is 13.6 Å². The Bertz CT molecular complexity index is 701. The second-order valence-electron chi connectivity index (χ2n) is 5.56. The number of carbonyl (C=O) groups excluding carboxylic acids is 1. The average Bonchev–Trinajstić information content (AvgIpc) is 2.56. The Labute approximate surface area is 139 Å². The highest BCUT2D eigenvalue weighted by molar-refractivity contribution is 5.94. The number of aromatic nitrogens is 2. The summed E-state index contributed by atoms with van der Waals surface area (Å²) in [5.41, 5.74) is 0.926. The Morgan fingerprint density at radius 2 is 1.96 bits per heavy atom. The van der Waals surface area contributed by atoms with Crippen molar-refractivity contribution in [3.8, 4) is 0 Å². The molecule has 0 aliphatic rings. The molecule has 5 nitrogen and oxygen atoms in total. The molecule has 1 heterocycles. The van der Waals surface area contributed by atoms with Crippen LogP contribution in [0, 0.1) is 11.6 Å². The predicted octanol–water partition coefficient (Wildman–Crippen LogP) is 2.35. The van der Waals surface area contributed by atoms with Crippen molar-refractivity contribution in [2.75, 3.05) is 20.6 Å². The summed E-state index contributed by atoms with van der Waals surface area (Å²) in [7, 11) is 3.40. The summed E-state index contributed by atoms with van der Waals surface area (Å²) in [6.07, 6.45) is 3.41. The maximum absolute atomic E-state index is 14.0. The fraction of sp³-hybridized carbons (Fsp3) is 0.353. The first-order chi connectivity index (χ1) is 11.5. The van der Waals surface area contributed by atoms with Crippen molar-refractivity contribution in [3.63, 3.8) is 0 Å². The molecule has 1 aromatic carbocycles. The smallest absolute Gasteiger partial charge is 0.254 e. The number of aryl methyl sites for hydroxylation is 1. The Morgan fingerprint density at radius 3 is 2.54 bits per heavy atom. The predicted molar refractivity (Wildman–Crippen MR) is 86.5 cm³/mol. The molecule has 2 aromatic rings. The van der Waals surface area contributed by atoms with Crippen molar-refractivity contribution in [2.45, 2.75) is 19.4 Å². The van der Waals surface area contributed by atoms with Gasteiger partial charge in [-0.3, -0.25) is 4.79 Å². The molecule has 1 aromatic heterocycles. The van der Waals surface area contributed by atoms with E-state index in [4.69, 9.17) is 0 Å². The molecule has 128 valence electrons. The van der Waals surface area contributed by atoms with Crippen molar-refractivity contribution in [3.05, 3.63) is 59.2 Å². The fourth-order valence-corrected chi connectivity index (χ4v) is 2.48. The summed E-state index contributed by atoms with van der Waals surface area (Å²) in [6.45, 7) is 1.94. The van der Waals surface area contributed by atoms with Crippen LogP contribution in [-0.4, -0.2) is 41.4 Å². The molecule has 24 heavy (non-hydrogen) atoms. The van der Waals surface area contributed by atoms with Crippen LogP contribution in [0.2, 0.25) is 0 Å². The molecule has 7 heteroatoms. The molecule has 0 bridgehead atoms. The number of hydrogen-bond acceptors (Lipinski definition) is 4. The zero-order valence-corrected chi connectivity index (χ0v) is 13.9. The molecule has 0 saturated heterocycles. The number of amides is 1. The minimum Gasteiger partial charge on any atom is -0.350 e. The average molecular weight is 334 g/mol. The third-order valence-electron chi connectivity index (χ3n) is 3.79. The number of nitrogens with one attached hydrogen (secondary N) is 1. The number of halogens is 2. The van der Waals surface area contributed by atoms with Gasteiger partial charge in [-0.25, -0.2) is 18.7 Å². The highest BCUT2D eigenvalue weighted by Crippen LogP contribution is 2.24. The van der Waals surface area contributed by atoms with Crippen LogP contribution in [0.4, 0.5) is 8.78 Å². The topological polar surface area (TPSA) is 58.1 Å². The van der Waals surface area contributed by atoms with E-state index in [0.717, 1.165) is 0 Å². The highest BCUT2D eigenvalue weighted by Gasteiger charge is 2.23. The summed E-state index contributed by atoms with van der Waals surface area (Å²) in [4.78, 5) is 21.9. The maximum atomic E-state index is 14.0. The van der Waals surface area contributed by atoms with Crippen molar-refractivity contribution in [1.82, 2.24) is 20.2 Å². The van der Waals surface area contributed by atoms with E-state index in [2.05, 4.69) is 15.3 Å². The molecule has 0 radical (unpaired) electrons. The molecule has 1 atom stereocenters. The normalized spacial score (nSPS) is 12.2.